The molecule has 2 N–H and O–H groups in total. The van der Waals surface area contributed by atoms with Crippen molar-refractivity contribution in [2.75, 3.05) is 12.8 Å². The molecule has 0 atom stereocenters. The van der Waals surface area contributed by atoms with Crippen molar-refractivity contribution in [3.05, 3.63) is 35.3 Å². The number of nitrogen functional groups attached to an aromatic ring is 1. The summed E-state index contributed by atoms with van der Waals surface area (Å²) in [7, 11) is 1.61. The Hall–Kier alpha value is -1.75. The predicted molar refractivity (Wildman–Crippen MR) is 63.9 cm³/mol. The minimum Gasteiger partial charge on any atom is -0.493 e. The fourth-order valence-electron chi connectivity index (χ4n) is 1.26. The molecule has 2 aromatic rings. The van der Waals surface area contributed by atoms with Gasteiger partial charge in [0.25, 0.3) is 0 Å². The number of nitrogens with two attached hydrogens (primary N) is 1. The van der Waals surface area contributed by atoms with Crippen molar-refractivity contribution in [1.82, 2.24) is 4.37 Å². The van der Waals surface area contributed by atoms with E-state index in [4.69, 9.17) is 15.2 Å². The van der Waals surface area contributed by atoms with E-state index in [0.29, 0.717) is 23.8 Å². The lowest BCUT2D eigenvalue weighted by Crippen LogP contribution is -1.98. The van der Waals surface area contributed by atoms with E-state index in [1.165, 1.54) is 11.5 Å². The number of benzene rings is 1. The summed E-state index contributed by atoms with van der Waals surface area (Å²) in [6, 6.07) is 7.50. The first-order chi connectivity index (χ1) is 7.81. The van der Waals surface area contributed by atoms with Crippen LogP contribution in [0.4, 0.5) is 5.69 Å². The minimum atomic E-state index is 0.414. The zero-order valence-electron chi connectivity index (χ0n) is 8.84. The van der Waals surface area contributed by atoms with Gasteiger partial charge in [-0.15, -0.1) is 0 Å². The quantitative estimate of drug-likeness (QED) is 0.885. The highest BCUT2D eigenvalue weighted by atomic mass is 32.1. The van der Waals surface area contributed by atoms with Crippen molar-refractivity contribution in [3.63, 3.8) is 0 Å². The summed E-state index contributed by atoms with van der Waals surface area (Å²) in [5.74, 6) is 1.42. The second-order valence-electron chi connectivity index (χ2n) is 3.14. The molecule has 84 valence electrons. The van der Waals surface area contributed by atoms with E-state index in [0.717, 1.165) is 4.88 Å². The van der Waals surface area contributed by atoms with Crippen LogP contribution in [0, 0.1) is 0 Å². The van der Waals surface area contributed by atoms with Gasteiger partial charge in [-0.3, -0.25) is 0 Å². The van der Waals surface area contributed by atoms with Crippen molar-refractivity contribution >= 4 is 17.2 Å². The van der Waals surface area contributed by atoms with Gasteiger partial charge in [-0.25, -0.2) is 0 Å². The zero-order chi connectivity index (χ0) is 11.4. The third-order valence-electron chi connectivity index (χ3n) is 2.10. The normalized spacial score (nSPS) is 10.1. The van der Waals surface area contributed by atoms with Crippen LogP contribution in [0.2, 0.25) is 0 Å². The number of ether oxygens (including phenoxy) is 2. The van der Waals surface area contributed by atoms with Gasteiger partial charge in [0.2, 0.25) is 0 Å². The molecule has 4 nitrogen and oxygen atoms in total. The summed E-state index contributed by atoms with van der Waals surface area (Å²) in [5, 5.41) is 0. The van der Waals surface area contributed by atoms with Crippen molar-refractivity contribution in [2.24, 2.45) is 0 Å². The number of hydrogen-bond acceptors (Lipinski definition) is 5. The van der Waals surface area contributed by atoms with Crippen LogP contribution in [0.3, 0.4) is 0 Å². The molecular weight excluding hydrogens is 224 g/mol. The minimum absolute atomic E-state index is 0.414. The summed E-state index contributed by atoms with van der Waals surface area (Å²) in [4.78, 5) is 0.922. The van der Waals surface area contributed by atoms with Gasteiger partial charge in [0.05, 0.1) is 23.9 Å². The van der Waals surface area contributed by atoms with Gasteiger partial charge in [-0.2, -0.15) is 4.37 Å². The fourth-order valence-corrected chi connectivity index (χ4v) is 1.83. The van der Waals surface area contributed by atoms with Gasteiger partial charge >= 0.3 is 0 Å². The summed E-state index contributed by atoms with van der Waals surface area (Å²) < 4.78 is 14.8. The number of rotatable bonds is 4. The highest BCUT2D eigenvalue weighted by Gasteiger charge is 2.06. The maximum atomic E-state index is 5.71. The predicted octanol–water partition coefficient (Wildman–Crippen LogP) is 2.31. The monoisotopic (exact) mass is 236 g/mol. The lowest BCUT2D eigenvalue weighted by atomic mass is 10.3. The molecule has 0 fully saturated rings. The van der Waals surface area contributed by atoms with E-state index in [1.54, 1.807) is 13.3 Å². The van der Waals surface area contributed by atoms with Crippen molar-refractivity contribution in [3.8, 4) is 11.5 Å². The van der Waals surface area contributed by atoms with Gasteiger partial charge in [-0.05, 0) is 23.7 Å². The van der Waals surface area contributed by atoms with Crippen LogP contribution in [0.15, 0.2) is 30.5 Å². The Bertz CT molecular complexity index is 471. The first kappa shape index (κ1) is 10.8. The van der Waals surface area contributed by atoms with E-state index in [9.17, 15) is 0 Å². The molecule has 0 aliphatic heterocycles. The maximum Gasteiger partial charge on any atom is 0.161 e. The Balaban J connectivity index is 2.07. The Kier molecular flexibility index (Phi) is 3.26. The summed E-state index contributed by atoms with van der Waals surface area (Å²) in [6.07, 6.45) is 1.63. The average Bonchev–Trinajstić information content (AvgIpc) is 2.72. The average molecular weight is 236 g/mol. The number of hydrogen-bond donors (Lipinski definition) is 1. The number of para-hydroxylation sites is 2. The zero-order valence-corrected chi connectivity index (χ0v) is 9.66. The second-order valence-corrected chi connectivity index (χ2v) is 4.03. The highest BCUT2D eigenvalue weighted by molar-refractivity contribution is 7.06. The topological polar surface area (TPSA) is 57.4 Å². The molecule has 2 rings (SSSR count). The van der Waals surface area contributed by atoms with Gasteiger partial charge in [0.15, 0.2) is 11.5 Å². The molecule has 1 aromatic carbocycles. The van der Waals surface area contributed by atoms with E-state index < -0.39 is 0 Å². The van der Waals surface area contributed by atoms with Gasteiger partial charge in [0.1, 0.15) is 6.61 Å². The van der Waals surface area contributed by atoms with Crippen LogP contribution in [-0.4, -0.2) is 11.5 Å². The molecule has 0 aliphatic carbocycles. The smallest absolute Gasteiger partial charge is 0.161 e. The second kappa shape index (κ2) is 4.85. The number of nitrogens with zero attached hydrogens (tertiary/aromatic N) is 1. The molecule has 0 saturated heterocycles. The molecule has 0 aliphatic rings. The molecule has 0 saturated carbocycles. The van der Waals surface area contributed by atoms with Gasteiger partial charge in [0, 0.05) is 0 Å². The Morgan fingerprint density at radius 1 is 1.31 bits per heavy atom. The third-order valence-corrected chi connectivity index (χ3v) is 2.89. The molecule has 0 spiro atoms. The van der Waals surface area contributed by atoms with Crippen molar-refractivity contribution in [1.29, 1.82) is 0 Å². The molecule has 0 amide bonds. The molecule has 0 bridgehead atoms. The largest absolute Gasteiger partial charge is 0.493 e. The van der Waals surface area contributed by atoms with Crippen LogP contribution in [-0.2, 0) is 6.61 Å². The number of methoxy groups -OCH3 is 1. The van der Waals surface area contributed by atoms with Crippen molar-refractivity contribution < 1.29 is 9.47 Å². The highest BCUT2D eigenvalue weighted by Crippen LogP contribution is 2.27. The van der Waals surface area contributed by atoms with Crippen molar-refractivity contribution in [2.45, 2.75) is 6.61 Å². The Labute approximate surface area is 97.8 Å². The Morgan fingerprint density at radius 3 is 2.69 bits per heavy atom. The van der Waals surface area contributed by atoms with Crippen LogP contribution in [0.1, 0.15) is 4.88 Å². The third kappa shape index (κ3) is 2.25. The van der Waals surface area contributed by atoms with E-state index in [1.807, 2.05) is 24.3 Å². The summed E-state index contributed by atoms with van der Waals surface area (Å²) in [5.41, 5.74) is 6.38. The van der Waals surface area contributed by atoms with E-state index in [2.05, 4.69) is 4.37 Å². The van der Waals surface area contributed by atoms with Crippen LogP contribution >= 0.6 is 11.5 Å². The molecule has 0 radical (unpaired) electrons. The molecule has 5 heteroatoms. The molecule has 1 aromatic heterocycles. The summed E-state index contributed by atoms with van der Waals surface area (Å²) >= 11 is 1.34. The van der Waals surface area contributed by atoms with E-state index in [-0.39, 0.29) is 0 Å². The molecule has 0 unspecified atom stereocenters. The SMILES string of the molecule is COc1ccccc1OCc1sncc1N. The maximum absolute atomic E-state index is 5.71. The van der Waals surface area contributed by atoms with Gasteiger partial charge < -0.3 is 15.2 Å². The van der Waals surface area contributed by atoms with E-state index >= 15 is 0 Å². The lowest BCUT2D eigenvalue weighted by Gasteiger charge is -2.09. The first-order valence-corrected chi connectivity index (χ1v) is 5.53. The van der Waals surface area contributed by atoms with Crippen LogP contribution < -0.4 is 15.2 Å². The van der Waals surface area contributed by atoms with Crippen LogP contribution in [0.5, 0.6) is 11.5 Å². The first-order valence-electron chi connectivity index (χ1n) is 4.76. The summed E-state index contributed by atoms with van der Waals surface area (Å²) in [6.45, 7) is 0.414. The van der Waals surface area contributed by atoms with Crippen LogP contribution in [0.25, 0.3) is 0 Å². The molecular formula is C11H12N2O2S. The number of aromatic nitrogens is 1. The standard InChI is InChI=1S/C11H12N2O2S/c1-14-9-4-2-3-5-10(9)15-7-11-8(12)6-13-16-11/h2-6H,7,12H2,1H3. The fraction of sp³-hybridized carbons (Fsp3) is 0.182. The number of anilines is 1. The molecule has 1 heterocycles. The Morgan fingerprint density at radius 2 is 2.06 bits per heavy atom. The molecule has 16 heavy (non-hydrogen) atoms. The lowest BCUT2D eigenvalue weighted by molar-refractivity contribution is 0.288. The van der Waals surface area contributed by atoms with Gasteiger partial charge in [-0.1, -0.05) is 12.1 Å².